The third-order valence-electron chi connectivity index (χ3n) is 3.92. The minimum Gasteiger partial charge on any atom is -0.494 e. The van der Waals surface area contributed by atoms with Gasteiger partial charge in [-0.05, 0) is 23.6 Å². The Kier molecular flexibility index (Phi) is 7.17. The fraction of sp³-hybridized carbons (Fsp3) is 0.105. The van der Waals surface area contributed by atoms with Crippen molar-refractivity contribution in [1.29, 1.82) is 0 Å². The number of anilines is 2. The lowest BCUT2D eigenvalue weighted by Gasteiger charge is -2.15. The number of pyridine rings is 1. The summed E-state index contributed by atoms with van der Waals surface area (Å²) in [6.07, 6.45) is 1.38. The van der Waals surface area contributed by atoms with E-state index in [0.717, 1.165) is 11.3 Å². The van der Waals surface area contributed by atoms with Gasteiger partial charge in [0, 0.05) is 22.8 Å². The summed E-state index contributed by atoms with van der Waals surface area (Å²) in [6, 6.07) is 5.95. The van der Waals surface area contributed by atoms with Crippen molar-refractivity contribution in [2.24, 2.45) is 0 Å². The summed E-state index contributed by atoms with van der Waals surface area (Å²) in [5.41, 5.74) is 0.592. The summed E-state index contributed by atoms with van der Waals surface area (Å²) in [5.74, 6) is -0.701. The number of hydrogen-bond acceptors (Lipinski definition) is 6. The van der Waals surface area contributed by atoms with E-state index in [-0.39, 0.29) is 44.3 Å². The van der Waals surface area contributed by atoms with Gasteiger partial charge in [0.2, 0.25) is 0 Å². The number of thiophene rings is 1. The van der Waals surface area contributed by atoms with Crippen LogP contribution in [0, 0.1) is 0 Å². The van der Waals surface area contributed by atoms with Gasteiger partial charge in [0.25, 0.3) is 11.8 Å². The summed E-state index contributed by atoms with van der Waals surface area (Å²) in [4.78, 5) is 29.8. The summed E-state index contributed by atoms with van der Waals surface area (Å²) < 4.78 is 5.29. The van der Waals surface area contributed by atoms with E-state index in [1.54, 1.807) is 11.4 Å². The largest absolute Gasteiger partial charge is 0.494 e. The number of nitrogens with zero attached hydrogens (tertiary/aromatic N) is 1. The van der Waals surface area contributed by atoms with Crippen molar-refractivity contribution in [3.8, 4) is 5.75 Å². The molecule has 11 heteroatoms. The Bertz CT molecular complexity index is 1100. The van der Waals surface area contributed by atoms with Gasteiger partial charge in [-0.1, -0.05) is 34.8 Å². The number of hydrogen-bond donors (Lipinski definition) is 3. The van der Waals surface area contributed by atoms with Gasteiger partial charge in [0.05, 0.1) is 35.0 Å². The first-order valence-corrected chi connectivity index (χ1v) is 10.3. The van der Waals surface area contributed by atoms with Crippen molar-refractivity contribution in [1.82, 2.24) is 4.98 Å². The van der Waals surface area contributed by atoms with Crippen LogP contribution in [0.1, 0.15) is 25.6 Å². The fourth-order valence-electron chi connectivity index (χ4n) is 2.49. The number of halogens is 3. The molecule has 2 amide bonds. The van der Waals surface area contributed by atoms with Crippen molar-refractivity contribution < 1.29 is 19.4 Å². The second kappa shape index (κ2) is 9.63. The van der Waals surface area contributed by atoms with Crippen molar-refractivity contribution in [2.45, 2.75) is 6.61 Å². The molecule has 3 N–H and O–H groups in total. The molecule has 0 aliphatic heterocycles. The standard InChI is InChI=1S/C19H14Cl3N3O4S/c1-29-13-5-11(21)4-12(18(27)24-14-3-2-10(20)6-23-14)16(13)25-19(28)17-15(22)9(7-26)8-30-17/h2-6,8,26H,7H2,1H3,(H,25,28)(H,23,24,27). The minimum atomic E-state index is -0.575. The molecule has 156 valence electrons. The van der Waals surface area contributed by atoms with Gasteiger partial charge in [-0.25, -0.2) is 4.98 Å². The SMILES string of the molecule is COc1cc(Cl)cc(C(=O)Nc2ccc(Cl)cn2)c1NC(=O)c1scc(CO)c1Cl. The average Bonchev–Trinajstić information content (AvgIpc) is 3.11. The van der Waals surface area contributed by atoms with E-state index in [1.165, 1.54) is 31.5 Å². The van der Waals surface area contributed by atoms with Gasteiger partial charge < -0.3 is 20.5 Å². The number of rotatable bonds is 6. The van der Waals surface area contributed by atoms with Crippen LogP contribution in [-0.4, -0.2) is 29.0 Å². The summed E-state index contributed by atoms with van der Waals surface area (Å²) in [7, 11) is 1.38. The van der Waals surface area contributed by atoms with Crippen LogP contribution in [0.4, 0.5) is 11.5 Å². The molecule has 0 saturated heterocycles. The maximum absolute atomic E-state index is 12.9. The zero-order chi connectivity index (χ0) is 21.8. The predicted octanol–water partition coefficient (Wildman–Crippen LogP) is 5.11. The number of carbonyl (C=O) groups excluding carboxylic acids is 2. The lowest BCUT2D eigenvalue weighted by Crippen LogP contribution is -2.19. The molecule has 0 atom stereocenters. The first-order chi connectivity index (χ1) is 14.3. The molecule has 2 aromatic heterocycles. The Hall–Kier alpha value is -2.36. The van der Waals surface area contributed by atoms with E-state index in [0.29, 0.717) is 10.6 Å². The van der Waals surface area contributed by atoms with E-state index >= 15 is 0 Å². The molecule has 0 unspecified atom stereocenters. The maximum atomic E-state index is 12.9. The van der Waals surface area contributed by atoms with E-state index in [1.807, 2.05) is 0 Å². The van der Waals surface area contributed by atoms with Crippen molar-refractivity contribution in [3.63, 3.8) is 0 Å². The molecule has 1 aromatic carbocycles. The third-order valence-corrected chi connectivity index (χ3v) is 5.93. The Labute approximate surface area is 190 Å². The lowest BCUT2D eigenvalue weighted by atomic mass is 10.1. The van der Waals surface area contributed by atoms with Crippen LogP contribution in [0.5, 0.6) is 5.75 Å². The Morgan fingerprint density at radius 3 is 2.50 bits per heavy atom. The van der Waals surface area contributed by atoms with Crippen molar-refractivity contribution >= 4 is 69.5 Å². The second-order valence-electron chi connectivity index (χ2n) is 5.86. The van der Waals surface area contributed by atoms with Crippen LogP contribution in [0.3, 0.4) is 0 Å². The predicted molar refractivity (Wildman–Crippen MR) is 118 cm³/mol. The minimum absolute atomic E-state index is 0.0551. The van der Waals surface area contributed by atoms with Crippen LogP contribution in [0.15, 0.2) is 35.8 Å². The number of benzene rings is 1. The fourth-order valence-corrected chi connectivity index (χ4v) is 4.06. The highest BCUT2D eigenvalue weighted by Gasteiger charge is 2.23. The molecule has 0 aliphatic carbocycles. The molecular weight excluding hydrogens is 473 g/mol. The highest BCUT2D eigenvalue weighted by atomic mass is 35.5. The van der Waals surface area contributed by atoms with Gasteiger partial charge in [-0.3, -0.25) is 9.59 Å². The van der Waals surface area contributed by atoms with Gasteiger partial charge in [-0.15, -0.1) is 11.3 Å². The zero-order valence-electron chi connectivity index (χ0n) is 15.3. The van der Waals surface area contributed by atoms with Crippen LogP contribution in [0.25, 0.3) is 0 Å². The summed E-state index contributed by atoms with van der Waals surface area (Å²) in [5, 5.41) is 16.9. The van der Waals surface area contributed by atoms with E-state index < -0.39 is 11.8 Å². The van der Waals surface area contributed by atoms with E-state index in [9.17, 15) is 14.7 Å². The monoisotopic (exact) mass is 485 g/mol. The van der Waals surface area contributed by atoms with E-state index in [4.69, 9.17) is 39.5 Å². The maximum Gasteiger partial charge on any atom is 0.267 e. The van der Waals surface area contributed by atoms with Gasteiger partial charge in [0.1, 0.15) is 16.4 Å². The highest BCUT2D eigenvalue weighted by molar-refractivity contribution is 7.13. The molecule has 0 spiro atoms. The Morgan fingerprint density at radius 2 is 1.90 bits per heavy atom. The number of aliphatic hydroxyl groups is 1. The normalized spacial score (nSPS) is 10.6. The first kappa shape index (κ1) is 22.3. The molecule has 0 radical (unpaired) electrons. The molecule has 0 aliphatic rings. The average molecular weight is 487 g/mol. The molecule has 30 heavy (non-hydrogen) atoms. The zero-order valence-corrected chi connectivity index (χ0v) is 18.4. The quantitative estimate of drug-likeness (QED) is 0.449. The Morgan fingerprint density at radius 1 is 1.13 bits per heavy atom. The molecule has 0 fully saturated rings. The van der Waals surface area contributed by atoms with E-state index in [2.05, 4.69) is 15.6 Å². The van der Waals surface area contributed by atoms with Gasteiger partial charge in [0.15, 0.2) is 0 Å². The van der Waals surface area contributed by atoms with Gasteiger partial charge >= 0.3 is 0 Å². The molecule has 0 saturated carbocycles. The van der Waals surface area contributed by atoms with Crippen molar-refractivity contribution in [3.05, 3.63) is 66.9 Å². The van der Waals surface area contributed by atoms with Crippen LogP contribution in [-0.2, 0) is 6.61 Å². The molecule has 0 bridgehead atoms. The number of carbonyl (C=O) groups is 2. The third kappa shape index (κ3) is 4.85. The summed E-state index contributed by atoms with van der Waals surface area (Å²) in [6.45, 7) is -0.297. The van der Waals surface area contributed by atoms with Crippen molar-refractivity contribution in [2.75, 3.05) is 17.7 Å². The molecule has 3 rings (SSSR count). The molecular formula is C19H14Cl3N3O4S. The Balaban J connectivity index is 1.96. The van der Waals surface area contributed by atoms with Crippen LogP contribution in [0.2, 0.25) is 15.1 Å². The topological polar surface area (TPSA) is 101 Å². The van der Waals surface area contributed by atoms with Crippen LogP contribution < -0.4 is 15.4 Å². The van der Waals surface area contributed by atoms with Crippen LogP contribution >= 0.6 is 46.1 Å². The number of amides is 2. The highest BCUT2D eigenvalue weighted by Crippen LogP contribution is 2.35. The number of aliphatic hydroxyl groups excluding tert-OH is 1. The first-order valence-electron chi connectivity index (χ1n) is 8.32. The number of ether oxygens (including phenoxy) is 1. The number of aromatic nitrogens is 1. The number of methoxy groups -OCH3 is 1. The second-order valence-corrected chi connectivity index (χ2v) is 7.99. The smallest absolute Gasteiger partial charge is 0.267 e. The van der Waals surface area contributed by atoms with Gasteiger partial charge in [-0.2, -0.15) is 0 Å². The summed E-state index contributed by atoms with van der Waals surface area (Å²) >= 11 is 19.1. The molecule has 2 heterocycles. The molecule has 7 nitrogen and oxygen atoms in total. The number of nitrogens with one attached hydrogen (secondary N) is 2. The lowest BCUT2D eigenvalue weighted by molar-refractivity contribution is 0.102. The molecule has 3 aromatic rings.